The fourth-order valence-electron chi connectivity index (χ4n) is 5.09. The minimum absolute atomic E-state index is 0.160. The van der Waals surface area contributed by atoms with E-state index in [1.54, 1.807) is 17.3 Å². The standard InChI is InChI=1S/C28H31N5/c1-21-8-7-17-28(2,3)26(21)16-13-23-18-27(33(31-23)25-9-5-4-6-10-25)22-11-14-24(15-12-22)32-20-29-19-30-32/h4-6,8-16,19-20,26-27H,7,17-18H2,1-3H3/b16-13+. The highest BCUT2D eigenvalue weighted by Crippen LogP contribution is 2.42. The summed E-state index contributed by atoms with van der Waals surface area (Å²) < 4.78 is 1.78. The molecule has 3 aromatic rings. The molecular weight excluding hydrogens is 406 g/mol. The maximum Gasteiger partial charge on any atom is 0.138 e. The summed E-state index contributed by atoms with van der Waals surface area (Å²) in [7, 11) is 0. The second kappa shape index (κ2) is 8.81. The predicted octanol–water partition coefficient (Wildman–Crippen LogP) is 6.51. The first-order chi connectivity index (χ1) is 16.0. The van der Waals surface area contributed by atoms with Crippen molar-refractivity contribution in [2.75, 3.05) is 5.01 Å². The molecule has 0 fully saturated rings. The number of allylic oxidation sites excluding steroid dienone is 4. The number of para-hydroxylation sites is 1. The molecule has 1 aliphatic heterocycles. The Morgan fingerprint density at radius 2 is 1.79 bits per heavy atom. The number of hydrogen-bond donors (Lipinski definition) is 0. The van der Waals surface area contributed by atoms with Crippen LogP contribution in [0.3, 0.4) is 0 Å². The van der Waals surface area contributed by atoms with Gasteiger partial charge in [-0.15, -0.1) is 0 Å². The molecule has 2 aromatic carbocycles. The lowest BCUT2D eigenvalue weighted by molar-refractivity contribution is 0.255. The molecule has 1 aliphatic carbocycles. The molecule has 0 saturated heterocycles. The van der Waals surface area contributed by atoms with Gasteiger partial charge in [0, 0.05) is 12.3 Å². The first-order valence-corrected chi connectivity index (χ1v) is 11.7. The maximum atomic E-state index is 5.06. The Labute approximate surface area is 196 Å². The number of benzene rings is 2. The quantitative estimate of drug-likeness (QED) is 0.427. The number of rotatable bonds is 5. The first kappa shape index (κ1) is 21.4. The van der Waals surface area contributed by atoms with Gasteiger partial charge in [0.1, 0.15) is 12.7 Å². The Morgan fingerprint density at radius 3 is 2.48 bits per heavy atom. The van der Waals surface area contributed by atoms with E-state index < -0.39 is 0 Å². The summed E-state index contributed by atoms with van der Waals surface area (Å²) in [5.74, 6) is 0.458. The number of hydrogen-bond acceptors (Lipinski definition) is 4. The van der Waals surface area contributed by atoms with Crippen LogP contribution in [0.2, 0.25) is 0 Å². The van der Waals surface area contributed by atoms with Crippen LogP contribution in [-0.4, -0.2) is 20.5 Å². The van der Waals surface area contributed by atoms with Gasteiger partial charge in [0.25, 0.3) is 0 Å². The van der Waals surface area contributed by atoms with Gasteiger partial charge in [-0.1, -0.05) is 61.9 Å². The lowest BCUT2D eigenvalue weighted by Gasteiger charge is -2.36. The van der Waals surface area contributed by atoms with Crippen molar-refractivity contribution in [2.24, 2.45) is 16.4 Å². The molecule has 2 atom stereocenters. The fraction of sp³-hybridized carbons (Fsp3) is 0.321. The average Bonchev–Trinajstić information content (AvgIpc) is 3.50. The summed E-state index contributed by atoms with van der Waals surface area (Å²) in [6, 6.07) is 19.2. The van der Waals surface area contributed by atoms with Crippen molar-refractivity contribution in [1.29, 1.82) is 0 Å². The average molecular weight is 438 g/mol. The molecule has 2 heterocycles. The molecule has 2 unspecified atom stereocenters. The number of aromatic nitrogens is 3. The summed E-state index contributed by atoms with van der Waals surface area (Å²) in [6.45, 7) is 7.03. The van der Waals surface area contributed by atoms with E-state index in [9.17, 15) is 0 Å². The maximum absolute atomic E-state index is 5.06. The van der Waals surface area contributed by atoms with E-state index >= 15 is 0 Å². The minimum Gasteiger partial charge on any atom is -0.257 e. The van der Waals surface area contributed by atoms with E-state index in [0.29, 0.717) is 5.92 Å². The van der Waals surface area contributed by atoms with Gasteiger partial charge in [0.2, 0.25) is 0 Å². The van der Waals surface area contributed by atoms with Gasteiger partial charge in [0.05, 0.1) is 23.1 Å². The van der Waals surface area contributed by atoms with E-state index in [-0.39, 0.29) is 11.5 Å². The summed E-state index contributed by atoms with van der Waals surface area (Å²) in [5, 5.41) is 11.5. The van der Waals surface area contributed by atoms with Gasteiger partial charge in [-0.25, -0.2) is 9.67 Å². The zero-order chi connectivity index (χ0) is 22.8. The Kier molecular flexibility index (Phi) is 5.71. The van der Waals surface area contributed by atoms with Crippen molar-refractivity contribution < 1.29 is 0 Å². The summed E-state index contributed by atoms with van der Waals surface area (Å²) in [5.41, 5.74) is 6.23. The van der Waals surface area contributed by atoms with E-state index in [1.165, 1.54) is 24.0 Å². The molecule has 5 rings (SSSR count). The summed E-state index contributed by atoms with van der Waals surface area (Å²) in [6.07, 6.45) is 13.6. The van der Waals surface area contributed by atoms with E-state index in [0.717, 1.165) is 23.5 Å². The largest absolute Gasteiger partial charge is 0.257 e. The molecule has 0 bridgehead atoms. The molecule has 5 nitrogen and oxygen atoms in total. The Bertz CT molecular complexity index is 1170. The van der Waals surface area contributed by atoms with Gasteiger partial charge >= 0.3 is 0 Å². The molecule has 168 valence electrons. The van der Waals surface area contributed by atoms with Crippen LogP contribution in [0.5, 0.6) is 0 Å². The van der Waals surface area contributed by atoms with Gasteiger partial charge in [0.15, 0.2) is 0 Å². The molecule has 0 N–H and O–H groups in total. The van der Waals surface area contributed by atoms with Crippen LogP contribution < -0.4 is 5.01 Å². The van der Waals surface area contributed by atoms with Crippen molar-refractivity contribution in [3.05, 3.63) is 96.6 Å². The lowest BCUT2D eigenvalue weighted by Crippen LogP contribution is -2.26. The highest BCUT2D eigenvalue weighted by Gasteiger charge is 2.32. The van der Waals surface area contributed by atoms with Crippen molar-refractivity contribution in [2.45, 2.75) is 46.1 Å². The third kappa shape index (κ3) is 4.40. The van der Waals surface area contributed by atoms with E-state index in [4.69, 9.17) is 5.10 Å². The van der Waals surface area contributed by atoms with E-state index in [1.807, 2.05) is 6.07 Å². The molecule has 0 spiro atoms. The zero-order valence-corrected chi connectivity index (χ0v) is 19.6. The molecule has 0 saturated carbocycles. The van der Waals surface area contributed by atoms with Crippen molar-refractivity contribution in [3.63, 3.8) is 0 Å². The van der Waals surface area contributed by atoms with E-state index in [2.05, 4.69) is 103 Å². The summed E-state index contributed by atoms with van der Waals surface area (Å²) >= 11 is 0. The molecular formula is C28H31N5. The second-order valence-electron chi connectivity index (χ2n) is 9.74. The first-order valence-electron chi connectivity index (χ1n) is 11.7. The smallest absolute Gasteiger partial charge is 0.138 e. The van der Waals surface area contributed by atoms with Crippen LogP contribution in [0, 0.1) is 11.3 Å². The highest BCUT2D eigenvalue weighted by molar-refractivity contribution is 5.98. The van der Waals surface area contributed by atoms with Crippen molar-refractivity contribution >= 4 is 11.4 Å². The normalized spacial score (nSPS) is 22.5. The van der Waals surface area contributed by atoms with Crippen molar-refractivity contribution in [1.82, 2.24) is 14.8 Å². The highest BCUT2D eigenvalue weighted by atomic mass is 15.5. The molecule has 1 aromatic heterocycles. The van der Waals surface area contributed by atoms with Crippen LogP contribution in [0.25, 0.3) is 5.69 Å². The molecule has 33 heavy (non-hydrogen) atoms. The van der Waals surface area contributed by atoms with Crippen LogP contribution in [0.15, 0.2) is 96.2 Å². The molecule has 5 heteroatoms. The van der Waals surface area contributed by atoms with Crippen LogP contribution in [0.4, 0.5) is 5.69 Å². The van der Waals surface area contributed by atoms with Gasteiger partial charge in [-0.05, 0) is 61.1 Å². The topological polar surface area (TPSA) is 46.3 Å². The Morgan fingerprint density at radius 1 is 1.00 bits per heavy atom. The molecule has 0 radical (unpaired) electrons. The van der Waals surface area contributed by atoms with Crippen LogP contribution in [-0.2, 0) is 0 Å². The third-order valence-corrected chi connectivity index (χ3v) is 6.98. The summed E-state index contributed by atoms with van der Waals surface area (Å²) in [4.78, 5) is 4.05. The minimum atomic E-state index is 0.160. The Hall–Kier alpha value is -3.47. The van der Waals surface area contributed by atoms with Crippen LogP contribution in [0.1, 0.15) is 51.6 Å². The molecule has 0 amide bonds. The zero-order valence-electron chi connectivity index (χ0n) is 19.6. The monoisotopic (exact) mass is 437 g/mol. The number of anilines is 1. The second-order valence-corrected chi connectivity index (χ2v) is 9.74. The predicted molar refractivity (Wildman–Crippen MR) is 134 cm³/mol. The molecule has 2 aliphatic rings. The van der Waals surface area contributed by atoms with Crippen molar-refractivity contribution in [3.8, 4) is 5.69 Å². The number of hydrazone groups is 1. The Balaban J connectivity index is 1.43. The van der Waals surface area contributed by atoms with Crippen LogP contribution >= 0.6 is 0 Å². The third-order valence-electron chi connectivity index (χ3n) is 6.98. The fourth-order valence-corrected chi connectivity index (χ4v) is 5.09. The van der Waals surface area contributed by atoms with Gasteiger partial charge in [-0.2, -0.15) is 10.2 Å². The number of nitrogens with zero attached hydrogens (tertiary/aromatic N) is 5. The van der Waals surface area contributed by atoms with Gasteiger partial charge in [-0.3, -0.25) is 5.01 Å². The van der Waals surface area contributed by atoms with Gasteiger partial charge < -0.3 is 0 Å². The SMILES string of the molecule is CC1=CCCC(C)(C)C1/C=C/C1=NN(c2ccccc2)C(c2ccc(-n3cncn3)cc2)C1. The lowest BCUT2D eigenvalue weighted by atomic mass is 9.68.